The summed E-state index contributed by atoms with van der Waals surface area (Å²) in [4.78, 5) is 10.7. The summed E-state index contributed by atoms with van der Waals surface area (Å²) in [7, 11) is 0. The molecule has 108 valence electrons. The number of hydrogen-bond acceptors (Lipinski definition) is 3. The van der Waals surface area contributed by atoms with Crippen LogP contribution in [0, 0.1) is 0 Å². The lowest BCUT2D eigenvalue weighted by atomic mass is 10.1. The van der Waals surface area contributed by atoms with Crippen molar-refractivity contribution in [2.75, 3.05) is 6.54 Å². The molecular formula is C14H19N3O2S. The van der Waals surface area contributed by atoms with Gasteiger partial charge in [0.1, 0.15) is 0 Å². The zero-order valence-corrected chi connectivity index (χ0v) is 12.2. The molecule has 0 aliphatic carbocycles. The lowest BCUT2D eigenvalue weighted by Gasteiger charge is -2.05. The van der Waals surface area contributed by atoms with Crippen LogP contribution < -0.4 is 10.7 Å². The molecule has 0 heterocycles. The Morgan fingerprint density at radius 2 is 2.05 bits per heavy atom. The van der Waals surface area contributed by atoms with Crippen LogP contribution in [0.1, 0.15) is 42.1 Å². The van der Waals surface area contributed by atoms with Gasteiger partial charge in [0.2, 0.25) is 0 Å². The fourth-order valence-electron chi connectivity index (χ4n) is 1.49. The zero-order chi connectivity index (χ0) is 14.8. The molecule has 1 aromatic rings. The molecule has 5 nitrogen and oxygen atoms in total. The van der Waals surface area contributed by atoms with E-state index in [4.69, 9.17) is 17.3 Å². The molecule has 0 saturated carbocycles. The van der Waals surface area contributed by atoms with Crippen molar-refractivity contribution >= 4 is 29.5 Å². The van der Waals surface area contributed by atoms with Crippen molar-refractivity contribution in [3.05, 3.63) is 35.4 Å². The largest absolute Gasteiger partial charge is 0.478 e. The second kappa shape index (κ2) is 9.03. The van der Waals surface area contributed by atoms with Crippen LogP contribution in [0.25, 0.3) is 0 Å². The van der Waals surface area contributed by atoms with Gasteiger partial charge in [0.15, 0.2) is 5.11 Å². The summed E-state index contributed by atoms with van der Waals surface area (Å²) >= 11 is 5.06. The van der Waals surface area contributed by atoms with Crippen molar-refractivity contribution in [3.8, 4) is 0 Å². The standard InChI is InChI=1S/C14H19N3O2S/c1-2-3-4-9-15-14(20)17-16-10-11-5-7-12(8-6-11)13(18)19/h5-8,10H,2-4,9H2,1H3,(H,18,19)(H2,15,17,20)/b16-10-. The van der Waals surface area contributed by atoms with E-state index in [0.29, 0.717) is 5.11 Å². The van der Waals surface area contributed by atoms with E-state index in [0.717, 1.165) is 18.5 Å². The van der Waals surface area contributed by atoms with Crippen LogP contribution in [-0.4, -0.2) is 28.9 Å². The molecule has 0 aliphatic heterocycles. The lowest BCUT2D eigenvalue weighted by molar-refractivity contribution is 0.0697. The van der Waals surface area contributed by atoms with Crippen LogP contribution in [0.4, 0.5) is 0 Å². The van der Waals surface area contributed by atoms with E-state index in [2.05, 4.69) is 22.8 Å². The highest BCUT2D eigenvalue weighted by molar-refractivity contribution is 7.80. The fraction of sp³-hybridized carbons (Fsp3) is 0.357. The molecule has 0 aromatic heterocycles. The number of rotatable bonds is 7. The number of nitrogens with one attached hydrogen (secondary N) is 2. The number of benzene rings is 1. The van der Waals surface area contributed by atoms with E-state index in [1.807, 2.05) is 0 Å². The first-order valence-corrected chi connectivity index (χ1v) is 6.94. The number of carboxylic acid groups (broad SMARTS) is 1. The van der Waals surface area contributed by atoms with E-state index >= 15 is 0 Å². The third-order valence-corrected chi connectivity index (χ3v) is 2.84. The summed E-state index contributed by atoms with van der Waals surface area (Å²) in [6.07, 6.45) is 5.02. The zero-order valence-electron chi connectivity index (χ0n) is 11.4. The third-order valence-electron chi connectivity index (χ3n) is 2.60. The van der Waals surface area contributed by atoms with Crippen LogP contribution in [0.5, 0.6) is 0 Å². The number of unbranched alkanes of at least 4 members (excludes halogenated alkanes) is 2. The van der Waals surface area contributed by atoms with E-state index in [9.17, 15) is 4.79 Å². The highest BCUT2D eigenvalue weighted by atomic mass is 32.1. The highest BCUT2D eigenvalue weighted by Crippen LogP contribution is 2.02. The first-order chi connectivity index (χ1) is 9.63. The van der Waals surface area contributed by atoms with Gasteiger partial charge >= 0.3 is 5.97 Å². The number of thiocarbonyl (C=S) groups is 1. The smallest absolute Gasteiger partial charge is 0.335 e. The van der Waals surface area contributed by atoms with Crippen molar-refractivity contribution in [2.45, 2.75) is 26.2 Å². The van der Waals surface area contributed by atoms with Crippen LogP contribution in [0.2, 0.25) is 0 Å². The fourth-order valence-corrected chi connectivity index (χ4v) is 1.65. The maximum Gasteiger partial charge on any atom is 0.335 e. The molecular weight excluding hydrogens is 274 g/mol. The minimum Gasteiger partial charge on any atom is -0.478 e. The Morgan fingerprint density at radius 3 is 2.65 bits per heavy atom. The molecule has 6 heteroatoms. The highest BCUT2D eigenvalue weighted by Gasteiger charge is 2.00. The number of carboxylic acids is 1. The number of hydrogen-bond donors (Lipinski definition) is 3. The van der Waals surface area contributed by atoms with Gasteiger partial charge < -0.3 is 10.4 Å². The molecule has 20 heavy (non-hydrogen) atoms. The second-order valence-electron chi connectivity index (χ2n) is 4.26. The van der Waals surface area contributed by atoms with Gasteiger partial charge in [-0.1, -0.05) is 31.9 Å². The summed E-state index contributed by atoms with van der Waals surface area (Å²) in [6.45, 7) is 2.99. The number of carbonyl (C=O) groups is 1. The van der Waals surface area contributed by atoms with E-state index < -0.39 is 5.97 Å². The molecule has 0 radical (unpaired) electrons. The molecule has 0 fully saturated rings. The minimum absolute atomic E-state index is 0.253. The number of nitrogens with zero attached hydrogens (tertiary/aromatic N) is 1. The van der Waals surface area contributed by atoms with Gasteiger partial charge in [0.05, 0.1) is 11.8 Å². The SMILES string of the molecule is CCCCCNC(=S)N/N=C\c1ccc(C(=O)O)cc1. The maximum absolute atomic E-state index is 10.7. The van der Waals surface area contributed by atoms with Crippen molar-refractivity contribution < 1.29 is 9.90 Å². The first-order valence-electron chi connectivity index (χ1n) is 6.53. The van der Waals surface area contributed by atoms with Crippen molar-refractivity contribution in [1.29, 1.82) is 0 Å². The summed E-state index contributed by atoms with van der Waals surface area (Å²) in [5, 5.41) is 16.3. The average Bonchev–Trinajstić information content (AvgIpc) is 2.44. The Bertz CT molecular complexity index is 472. The lowest BCUT2D eigenvalue weighted by Crippen LogP contribution is -2.32. The summed E-state index contributed by atoms with van der Waals surface area (Å²) in [6, 6.07) is 6.44. The predicted octanol–water partition coefficient (Wildman–Crippen LogP) is 2.37. The molecule has 1 rings (SSSR count). The molecule has 0 aliphatic rings. The van der Waals surface area contributed by atoms with Gasteiger partial charge in [-0.3, -0.25) is 5.43 Å². The molecule has 1 aromatic carbocycles. The molecule has 3 N–H and O–H groups in total. The first kappa shape index (κ1) is 16.1. The van der Waals surface area contributed by atoms with Crippen LogP contribution in [0.3, 0.4) is 0 Å². The predicted molar refractivity (Wildman–Crippen MR) is 84.3 cm³/mol. The topological polar surface area (TPSA) is 73.7 Å². The van der Waals surface area contributed by atoms with Crippen molar-refractivity contribution in [1.82, 2.24) is 10.7 Å². The Hall–Kier alpha value is -1.95. The Labute approximate surface area is 124 Å². The van der Waals surface area contributed by atoms with Gasteiger partial charge in [-0.25, -0.2) is 4.79 Å². The normalized spacial score (nSPS) is 10.4. The third kappa shape index (κ3) is 6.29. The number of aromatic carboxylic acids is 1. The average molecular weight is 293 g/mol. The molecule has 0 bridgehead atoms. The number of hydrazone groups is 1. The van der Waals surface area contributed by atoms with Crippen LogP contribution in [0.15, 0.2) is 29.4 Å². The Morgan fingerprint density at radius 1 is 1.35 bits per heavy atom. The summed E-state index contributed by atoms with van der Waals surface area (Å²) in [5.41, 5.74) is 3.77. The summed E-state index contributed by atoms with van der Waals surface area (Å²) in [5.74, 6) is -0.941. The van der Waals surface area contributed by atoms with Gasteiger partial charge in [-0.2, -0.15) is 5.10 Å². The molecule has 0 unspecified atom stereocenters. The van der Waals surface area contributed by atoms with Gasteiger partial charge in [-0.05, 0) is 36.3 Å². The van der Waals surface area contributed by atoms with E-state index in [-0.39, 0.29) is 5.56 Å². The Balaban J connectivity index is 2.33. The van der Waals surface area contributed by atoms with Gasteiger partial charge in [0.25, 0.3) is 0 Å². The van der Waals surface area contributed by atoms with Crippen molar-refractivity contribution in [3.63, 3.8) is 0 Å². The monoisotopic (exact) mass is 293 g/mol. The van der Waals surface area contributed by atoms with Gasteiger partial charge in [-0.15, -0.1) is 0 Å². The van der Waals surface area contributed by atoms with Crippen LogP contribution in [-0.2, 0) is 0 Å². The quantitative estimate of drug-likeness (QED) is 0.311. The van der Waals surface area contributed by atoms with E-state index in [1.54, 1.807) is 18.3 Å². The summed E-state index contributed by atoms with van der Waals surface area (Å²) < 4.78 is 0. The van der Waals surface area contributed by atoms with E-state index in [1.165, 1.54) is 25.0 Å². The van der Waals surface area contributed by atoms with Crippen molar-refractivity contribution in [2.24, 2.45) is 5.10 Å². The van der Waals surface area contributed by atoms with Crippen LogP contribution >= 0.6 is 12.2 Å². The molecule has 0 atom stereocenters. The maximum atomic E-state index is 10.7. The minimum atomic E-state index is -0.941. The molecule has 0 amide bonds. The molecule has 0 saturated heterocycles. The van der Waals surface area contributed by atoms with Gasteiger partial charge in [0, 0.05) is 6.54 Å². The Kier molecular flexibility index (Phi) is 7.27. The molecule has 0 spiro atoms. The second-order valence-corrected chi connectivity index (χ2v) is 4.67.